The van der Waals surface area contributed by atoms with E-state index in [0.29, 0.717) is 18.5 Å². The van der Waals surface area contributed by atoms with Gasteiger partial charge in [0.15, 0.2) is 6.10 Å². The van der Waals surface area contributed by atoms with Gasteiger partial charge in [-0.2, -0.15) is 0 Å². The summed E-state index contributed by atoms with van der Waals surface area (Å²) in [5.74, 6) is -1.37. The third-order valence-electron chi connectivity index (χ3n) is 5.94. The van der Waals surface area contributed by atoms with Crippen molar-refractivity contribution in [2.75, 3.05) is 11.9 Å². The van der Waals surface area contributed by atoms with E-state index in [2.05, 4.69) is 10.6 Å². The second-order valence-corrected chi connectivity index (χ2v) is 8.11. The number of nitrogens with zero attached hydrogens (tertiary/aromatic N) is 1. The van der Waals surface area contributed by atoms with Crippen LogP contribution in [0.2, 0.25) is 0 Å². The monoisotopic (exact) mass is 423 g/mol. The molecule has 1 aliphatic carbocycles. The molecule has 1 spiro atoms. The smallest absolute Gasteiger partial charge is 0.325 e. The molecule has 8 nitrogen and oxygen atoms in total. The maximum Gasteiger partial charge on any atom is 0.325 e. The number of ether oxygens (including phenoxy) is 1. The molecule has 1 saturated heterocycles. The standard InChI is InChI=1S/C23H25N3O5/c1-15(20(28)24-18-9-8-16-6-2-3-7-17(16)14-18)31-19(27)10-13-26-21(29)23(25-22(26)30)11-4-5-12-23/h2-3,6-9,14-15H,4-5,10-13H2,1H3,(H,24,28)(H,25,30)/t15-/m1/s1. The maximum atomic E-state index is 12.6. The summed E-state index contributed by atoms with van der Waals surface area (Å²) in [6.07, 6.45) is 1.87. The molecule has 162 valence electrons. The molecule has 0 radical (unpaired) electrons. The van der Waals surface area contributed by atoms with E-state index in [9.17, 15) is 19.2 Å². The lowest BCUT2D eigenvalue weighted by Crippen LogP contribution is -2.44. The number of anilines is 1. The number of rotatable bonds is 6. The lowest BCUT2D eigenvalue weighted by Gasteiger charge is -2.20. The Balaban J connectivity index is 1.28. The molecule has 2 aromatic rings. The van der Waals surface area contributed by atoms with Crippen LogP contribution in [-0.2, 0) is 19.1 Å². The summed E-state index contributed by atoms with van der Waals surface area (Å²) in [5.41, 5.74) is -0.193. The van der Waals surface area contributed by atoms with Crippen molar-refractivity contribution in [1.29, 1.82) is 0 Å². The molecule has 4 amide bonds. The topological polar surface area (TPSA) is 105 Å². The highest BCUT2D eigenvalue weighted by atomic mass is 16.5. The van der Waals surface area contributed by atoms with Gasteiger partial charge in [0.2, 0.25) is 0 Å². The number of hydrogen-bond donors (Lipinski definition) is 2. The third kappa shape index (κ3) is 4.23. The SMILES string of the molecule is C[C@@H](OC(=O)CCN1C(=O)NC2(CCCC2)C1=O)C(=O)Nc1ccc2ccccc2c1. The largest absolute Gasteiger partial charge is 0.452 e. The Hall–Kier alpha value is -3.42. The van der Waals surface area contributed by atoms with E-state index in [-0.39, 0.29) is 18.9 Å². The number of fused-ring (bicyclic) bond motifs is 1. The Morgan fingerprint density at radius 3 is 2.58 bits per heavy atom. The Morgan fingerprint density at radius 1 is 1.13 bits per heavy atom. The van der Waals surface area contributed by atoms with Crippen molar-refractivity contribution in [3.63, 3.8) is 0 Å². The molecule has 31 heavy (non-hydrogen) atoms. The van der Waals surface area contributed by atoms with E-state index < -0.39 is 29.6 Å². The molecule has 2 aliphatic rings. The molecule has 2 aromatic carbocycles. The van der Waals surface area contributed by atoms with Crippen LogP contribution in [0, 0.1) is 0 Å². The zero-order chi connectivity index (χ0) is 22.0. The van der Waals surface area contributed by atoms with Crippen LogP contribution in [0.15, 0.2) is 42.5 Å². The van der Waals surface area contributed by atoms with E-state index in [1.165, 1.54) is 6.92 Å². The molecule has 4 rings (SSSR count). The van der Waals surface area contributed by atoms with Crippen molar-refractivity contribution in [2.24, 2.45) is 0 Å². The van der Waals surface area contributed by atoms with E-state index in [1.807, 2.05) is 36.4 Å². The Kier molecular flexibility index (Phi) is 5.63. The average Bonchev–Trinajstić information content (AvgIpc) is 3.31. The molecule has 8 heteroatoms. The van der Waals surface area contributed by atoms with Crippen molar-refractivity contribution < 1.29 is 23.9 Å². The van der Waals surface area contributed by atoms with Crippen LogP contribution in [-0.4, -0.2) is 46.9 Å². The minimum atomic E-state index is -1.01. The van der Waals surface area contributed by atoms with Crippen LogP contribution in [0.25, 0.3) is 10.8 Å². The van der Waals surface area contributed by atoms with Crippen molar-refractivity contribution in [3.05, 3.63) is 42.5 Å². The lowest BCUT2D eigenvalue weighted by atomic mass is 9.98. The Morgan fingerprint density at radius 2 is 1.84 bits per heavy atom. The summed E-state index contributed by atoms with van der Waals surface area (Å²) < 4.78 is 5.20. The van der Waals surface area contributed by atoms with E-state index in [1.54, 1.807) is 6.07 Å². The Labute approximate surface area is 179 Å². The fraction of sp³-hybridized carbons (Fsp3) is 0.391. The van der Waals surface area contributed by atoms with Crippen LogP contribution in [0.3, 0.4) is 0 Å². The van der Waals surface area contributed by atoms with Gasteiger partial charge in [0.05, 0.1) is 6.42 Å². The Bertz CT molecular complexity index is 1040. The van der Waals surface area contributed by atoms with Crippen LogP contribution >= 0.6 is 0 Å². The van der Waals surface area contributed by atoms with Crippen LogP contribution in [0.4, 0.5) is 10.5 Å². The second-order valence-electron chi connectivity index (χ2n) is 8.11. The van der Waals surface area contributed by atoms with Gasteiger partial charge in [0, 0.05) is 12.2 Å². The number of urea groups is 1. The van der Waals surface area contributed by atoms with Gasteiger partial charge >= 0.3 is 12.0 Å². The number of nitrogens with one attached hydrogen (secondary N) is 2. The summed E-state index contributed by atoms with van der Waals surface area (Å²) >= 11 is 0. The van der Waals surface area contributed by atoms with E-state index in [0.717, 1.165) is 28.5 Å². The number of hydrogen-bond acceptors (Lipinski definition) is 5. The number of carbonyl (C=O) groups excluding carboxylic acids is 4. The molecule has 0 unspecified atom stereocenters. The summed E-state index contributed by atoms with van der Waals surface area (Å²) in [7, 11) is 0. The minimum absolute atomic E-state index is 0.0652. The third-order valence-corrected chi connectivity index (χ3v) is 5.94. The zero-order valence-corrected chi connectivity index (χ0v) is 17.3. The normalized spacial score (nSPS) is 18.3. The van der Waals surface area contributed by atoms with Crippen LogP contribution in [0.5, 0.6) is 0 Å². The van der Waals surface area contributed by atoms with Crippen LogP contribution in [0.1, 0.15) is 39.0 Å². The molecule has 1 aliphatic heterocycles. The minimum Gasteiger partial charge on any atom is -0.452 e. The highest BCUT2D eigenvalue weighted by Gasteiger charge is 2.52. The van der Waals surface area contributed by atoms with Crippen LogP contribution < -0.4 is 10.6 Å². The summed E-state index contributed by atoms with van der Waals surface area (Å²) in [6.45, 7) is 1.42. The number of esters is 1. The average molecular weight is 423 g/mol. The van der Waals surface area contributed by atoms with Crippen molar-refractivity contribution in [1.82, 2.24) is 10.2 Å². The summed E-state index contributed by atoms with van der Waals surface area (Å²) in [4.78, 5) is 50.4. The molecule has 1 saturated carbocycles. The molecule has 2 N–H and O–H groups in total. The maximum absolute atomic E-state index is 12.6. The first kappa shape index (κ1) is 20.8. The quantitative estimate of drug-likeness (QED) is 0.549. The van der Waals surface area contributed by atoms with Crippen molar-refractivity contribution in [3.8, 4) is 0 Å². The van der Waals surface area contributed by atoms with Crippen molar-refractivity contribution in [2.45, 2.75) is 50.7 Å². The number of carbonyl (C=O) groups is 4. The fourth-order valence-corrected chi connectivity index (χ4v) is 4.22. The number of benzene rings is 2. The summed E-state index contributed by atoms with van der Waals surface area (Å²) in [5, 5.41) is 7.55. The number of imide groups is 1. The highest BCUT2D eigenvalue weighted by Crippen LogP contribution is 2.35. The molecule has 0 bridgehead atoms. The first-order valence-corrected chi connectivity index (χ1v) is 10.5. The first-order chi connectivity index (χ1) is 14.9. The van der Waals surface area contributed by atoms with E-state index in [4.69, 9.17) is 4.74 Å². The highest BCUT2D eigenvalue weighted by molar-refractivity contribution is 6.07. The van der Waals surface area contributed by atoms with Gasteiger partial charge in [-0.25, -0.2) is 4.79 Å². The molecular formula is C23H25N3O5. The molecule has 0 aromatic heterocycles. The van der Waals surface area contributed by atoms with Gasteiger partial charge in [-0.1, -0.05) is 43.2 Å². The van der Waals surface area contributed by atoms with Gasteiger partial charge in [-0.15, -0.1) is 0 Å². The molecule has 1 heterocycles. The predicted octanol–water partition coefficient (Wildman–Crippen LogP) is 2.96. The first-order valence-electron chi connectivity index (χ1n) is 10.5. The van der Waals surface area contributed by atoms with Crippen molar-refractivity contribution >= 4 is 40.3 Å². The number of amides is 4. The fourth-order valence-electron chi connectivity index (χ4n) is 4.22. The molecule has 1 atom stereocenters. The van der Waals surface area contributed by atoms with Gasteiger partial charge in [-0.3, -0.25) is 19.3 Å². The van der Waals surface area contributed by atoms with Gasteiger partial charge in [-0.05, 0) is 42.7 Å². The molecular weight excluding hydrogens is 398 g/mol. The lowest BCUT2D eigenvalue weighted by molar-refractivity contribution is -0.153. The summed E-state index contributed by atoms with van der Waals surface area (Å²) in [6, 6.07) is 12.8. The van der Waals surface area contributed by atoms with Gasteiger partial charge in [0.1, 0.15) is 5.54 Å². The second kappa shape index (κ2) is 8.37. The van der Waals surface area contributed by atoms with Gasteiger partial charge < -0.3 is 15.4 Å². The predicted molar refractivity (Wildman–Crippen MR) is 114 cm³/mol. The zero-order valence-electron chi connectivity index (χ0n) is 17.3. The van der Waals surface area contributed by atoms with Gasteiger partial charge in [0.25, 0.3) is 11.8 Å². The van der Waals surface area contributed by atoms with E-state index >= 15 is 0 Å². The molecule has 2 fully saturated rings.